The number of anilines is 1. The topological polar surface area (TPSA) is 96.9 Å². The van der Waals surface area contributed by atoms with Crippen LogP contribution in [-0.2, 0) is 14.4 Å². The molecule has 140 valence electrons. The van der Waals surface area contributed by atoms with Gasteiger partial charge in [-0.05, 0) is 25.5 Å². The van der Waals surface area contributed by atoms with Gasteiger partial charge in [-0.15, -0.1) is 0 Å². The maximum Gasteiger partial charge on any atom is 0.319 e. The largest absolute Gasteiger partial charge is 0.396 e. The van der Waals surface area contributed by atoms with Crippen LogP contribution in [0.15, 0.2) is 35.5 Å². The Bertz CT molecular complexity index is 655. The Morgan fingerprint density at radius 3 is 2.38 bits per heavy atom. The zero-order chi connectivity index (χ0) is 18.9. The summed E-state index contributed by atoms with van der Waals surface area (Å²) in [6, 6.07) is 8.03. The molecule has 0 aliphatic heterocycles. The number of carbonyl (C=O) groups excluding carboxylic acids is 3. The summed E-state index contributed by atoms with van der Waals surface area (Å²) in [5.74, 6) is -1.30. The van der Waals surface area contributed by atoms with Crippen molar-refractivity contribution in [3.63, 3.8) is 0 Å². The van der Waals surface area contributed by atoms with E-state index in [0.29, 0.717) is 24.4 Å². The summed E-state index contributed by atoms with van der Waals surface area (Å²) >= 11 is 0. The van der Waals surface area contributed by atoms with Crippen molar-refractivity contribution in [2.24, 2.45) is 11.1 Å². The summed E-state index contributed by atoms with van der Waals surface area (Å²) in [6.45, 7) is 4.13. The lowest BCUT2D eigenvalue weighted by atomic mass is 9.80. The number of rotatable bonds is 7. The quantitative estimate of drug-likeness (QED) is 0.444. The molecule has 1 aliphatic rings. The first-order chi connectivity index (χ1) is 12.5. The van der Waals surface area contributed by atoms with E-state index in [0.717, 1.165) is 6.42 Å². The molecule has 7 nitrogen and oxygen atoms in total. The van der Waals surface area contributed by atoms with Crippen LogP contribution in [0.3, 0.4) is 0 Å². The van der Waals surface area contributed by atoms with E-state index in [9.17, 15) is 14.4 Å². The van der Waals surface area contributed by atoms with Gasteiger partial charge in [0.1, 0.15) is 12.5 Å². The first-order valence-corrected chi connectivity index (χ1v) is 8.91. The molecule has 2 N–H and O–H groups in total. The number of nitrogens with zero attached hydrogens (tertiary/aromatic N) is 1. The van der Waals surface area contributed by atoms with Crippen molar-refractivity contribution < 1.29 is 19.2 Å². The lowest BCUT2D eigenvalue weighted by Gasteiger charge is -2.27. The summed E-state index contributed by atoms with van der Waals surface area (Å²) in [7, 11) is 0. The summed E-state index contributed by atoms with van der Waals surface area (Å²) in [5, 5.41) is 9.36. The van der Waals surface area contributed by atoms with Gasteiger partial charge >= 0.3 is 6.03 Å². The molecule has 0 saturated heterocycles. The molecule has 2 rings (SSSR count). The van der Waals surface area contributed by atoms with E-state index in [1.54, 1.807) is 31.2 Å². The molecule has 0 unspecified atom stereocenters. The van der Waals surface area contributed by atoms with Crippen molar-refractivity contribution in [2.75, 3.05) is 11.9 Å². The van der Waals surface area contributed by atoms with Gasteiger partial charge in [0.2, 0.25) is 0 Å². The molecule has 0 bridgehead atoms. The van der Waals surface area contributed by atoms with E-state index < -0.39 is 18.0 Å². The molecule has 1 aliphatic carbocycles. The number of ketones is 2. The molecule has 0 spiro atoms. The number of Topliss-reactive ketones (excluding diaryl/α,β-unsaturated/α-hetero) is 2. The van der Waals surface area contributed by atoms with Crippen LogP contribution in [0.2, 0.25) is 0 Å². The van der Waals surface area contributed by atoms with E-state index in [2.05, 4.69) is 15.8 Å². The van der Waals surface area contributed by atoms with Crippen LogP contribution < -0.4 is 10.6 Å². The fourth-order valence-electron chi connectivity index (χ4n) is 2.97. The normalized spacial score (nSPS) is 20.6. The second kappa shape index (κ2) is 9.70. The fourth-order valence-corrected chi connectivity index (χ4v) is 2.97. The molecule has 0 aromatic heterocycles. The third-order valence-corrected chi connectivity index (χ3v) is 4.06. The van der Waals surface area contributed by atoms with Gasteiger partial charge in [0.15, 0.2) is 11.6 Å². The number of oxime groups is 1. The van der Waals surface area contributed by atoms with Crippen LogP contribution in [-0.4, -0.2) is 36.0 Å². The number of nitrogens with one attached hydrogen (secondary N) is 2. The number of benzene rings is 1. The third kappa shape index (κ3) is 5.40. The average Bonchev–Trinajstić information content (AvgIpc) is 2.59. The van der Waals surface area contributed by atoms with Crippen molar-refractivity contribution in [2.45, 2.75) is 45.6 Å². The Labute approximate surface area is 153 Å². The predicted molar refractivity (Wildman–Crippen MR) is 99.1 cm³/mol. The minimum Gasteiger partial charge on any atom is -0.396 e. The molecular formula is C19H25N3O4. The van der Waals surface area contributed by atoms with E-state index in [1.165, 1.54) is 0 Å². The maximum absolute atomic E-state index is 12.5. The predicted octanol–water partition coefficient (Wildman–Crippen LogP) is 2.92. The summed E-state index contributed by atoms with van der Waals surface area (Å²) < 4.78 is 0. The van der Waals surface area contributed by atoms with E-state index in [-0.39, 0.29) is 24.4 Å². The first kappa shape index (κ1) is 19.6. The maximum atomic E-state index is 12.5. The Hall–Kier alpha value is -2.70. The number of amides is 2. The molecule has 2 amide bonds. The first-order valence-electron chi connectivity index (χ1n) is 8.91. The van der Waals surface area contributed by atoms with Gasteiger partial charge in [-0.3, -0.25) is 9.59 Å². The molecular weight excluding hydrogens is 334 g/mol. The molecule has 1 fully saturated rings. The van der Waals surface area contributed by atoms with E-state index in [4.69, 9.17) is 4.84 Å². The smallest absolute Gasteiger partial charge is 0.319 e. The highest BCUT2D eigenvalue weighted by Crippen LogP contribution is 2.22. The highest BCUT2D eigenvalue weighted by Gasteiger charge is 2.39. The SMILES string of the molecule is CCCC(=NOCC)C1C(=O)CC(NC(=O)Nc2ccccc2)CC1=O. The number of carbonyl (C=O) groups is 3. The summed E-state index contributed by atoms with van der Waals surface area (Å²) in [6.07, 6.45) is 1.51. The molecule has 7 heteroatoms. The zero-order valence-corrected chi connectivity index (χ0v) is 15.2. The highest BCUT2D eigenvalue weighted by molar-refractivity contribution is 6.22. The number of urea groups is 1. The minimum atomic E-state index is -0.850. The van der Waals surface area contributed by atoms with Gasteiger partial charge in [-0.1, -0.05) is 36.7 Å². The van der Waals surface area contributed by atoms with Crippen molar-refractivity contribution in [1.29, 1.82) is 0 Å². The van der Waals surface area contributed by atoms with Crippen molar-refractivity contribution >= 4 is 29.0 Å². The van der Waals surface area contributed by atoms with Crippen LogP contribution >= 0.6 is 0 Å². The van der Waals surface area contributed by atoms with Gasteiger partial charge in [0.05, 0.1) is 5.71 Å². The molecule has 26 heavy (non-hydrogen) atoms. The van der Waals surface area contributed by atoms with Gasteiger partial charge in [-0.25, -0.2) is 4.79 Å². The second-order valence-corrected chi connectivity index (χ2v) is 6.19. The standard InChI is InChI=1S/C19H25N3O4/c1-3-8-15(22-26-4-2)18-16(23)11-14(12-17(18)24)21-19(25)20-13-9-6-5-7-10-13/h5-7,9-10,14,18H,3-4,8,11-12H2,1-2H3,(H2,20,21,25). The number of hydrogen-bond acceptors (Lipinski definition) is 5. The van der Waals surface area contributed by atoms with E-state index >= 15 is 0 Å². The summed E-state index contributed by atoms with van der Waals surface area (Å²) in [4.78, 5) is 42.1. The van der Waals surface area contributed by atoms with Gasteiger partial charge in [0, 0.05) is 24.6 Å². The molecule has 0 heterocycles. The van der Waals surface area contributed by atoms with E-state index in [1.807, 2.05) is 13.0 Å². The zero-order valence-electron chi connectivity index (χ0n) is 15.2. The van der Waals surface area contributed by atoms with Crippen LogP contribution in [0.1, 0.15) is 39.5 Å². The number of hydrogen-bond donors (Lipinski definition) is 2. The van der Waals surface area contributed by atoms with Gasteiger partial charge < -0.3 is 15.5 Å². The number of para-hydroxylation sites is 1. The van der Waals surface area contributed by atoms with Gasteiger partial charge in [-0.2, -0.15) is 0 Å². The van der Waals surface area contributed by atoms with Crippen LogP contribution in [0.5, 0.6) is 0 Å². The average molecular weight is 359 g/mol. The van der Waals surface area contributed by atoms with Crippen molar-refractivity contribution in [3.05, 3.63) is 30.3 Å². The van der Waals surface area contributed by atoms with Gasteiger partial charge in [0.25, 0.3) is 0 Å². The minimum absolute atomic E-state index is 0.105. The summed E-state index contributed by atoms with van der Waals surface area (Å²) in [5.41, 5.74) is 1.13. The lowest BCUT2D eigenvalue weighted by Crippen LogP contribution is -2.48. The van der Waals surface area contributed by atoms with Crippen LogP contribution in [0, 0.1) is 5.92 Å². The fraction of sp³-hybridized carbons (Fsp3) is 0.474. The lowest BCUT2D eigenvalue weighted by molar-refractivity contribution is -0.133. The highest BCUT2D eigenvalue weighted by atomic mass is 16.6. The Morgan fingerprint density at radius 2 is 1.81 bits per heavy atom. The third-order valence-electron chi connectivity index (χ3n) is 4.06. The Balaban J connectivity index is 1.97. The Morgan fingerprint density at radius 1 is 1.15 bits per heavy atom. The Kier molecular flexibility index (Phi) is 7.32. The molecule has 1 saturated carbocycles. The van der Waals surface area contributed by atoms with Crippen LogP contribution in [0.25, 0.3) is 0 Å². The molecule has 0 radical (unpaired) electrons. The monoisotopic (exact) mass is 359 g/mol. The molecule has 0 atom stereocenters. The molecule has 1 aromatic carbocycles. The van der Waals surface area contributed by atoms with Crippen molar-refractivity contribution in [3.8, 4) is 0 Å². The van der Waals surface area contributed by atoms with Crippen molar-refractivity contribution in [1.82, 2.24) is 5.32 Å². The molecule has 1 aromatic rings. The van der Waals surface area contributed by atoms with Crippen LogP contribution in [0.4, 0.5) is 10.5 Å². The second-order valence-electron chi connectivity index (χ2n) is 6.19.